The van der Waals surface area contributed by atoms with Gasteiger partial charge in [-0.2, -0.15) is 0 Å². The molecule has 0 aromatic rings. The Bertz CT molecular complexity index is 170. The van der Waals surface area contributed by atoms with Gasteiger partial charge in [0.1, 0.15) is 0 Å². The molecule has 0 aromatic carbocycles. The molecule has 1 atom stereocenters. The molecule has 1 aliphatic heterocycles. The summed E-state index contributed by atoms with van der Waals surface area (Å²) in [6.45, 7) is 0. The molecule has 0 amide bonds. The second-order valence-electron chi connectivity index (χ2n) is 2.03. The second kappa shape index (κ2) is 1.92. The lowest BCUT2D eigenvalue weighted by atomic mass is 10.4. The van der Waals surface area contributed by atoms with E-state index < -0.39 is 9.84 Å². The molecule has 0 saturated carbocycles. The maximum absolute atomic E-state index is 10.6. The molecule has 2 nitrogen and oxygen atoms in total. The Labute approximate surface area is 54.6 Å². The predicted octanol–water partition coefficient (Wildman–Crippen LogP) is 0.371. The van der Waals surface area contributed by atoms with Crippen LogP contribution in [0.15, 0.2) is 0 Å². The van der Waals surface area contributed by atoms with Crippen LogP contribution >= 0.6 is 12.6 Å². The molecule has 1 unspecified atom stereocenters. The van der Waals surface area contributed by atoms with Crippen molar-refractivity contribution in [2.45, 2.75) is 11.7 Å². The second-order valence-corrected chi connectivity index (χ2v) is 4.92. The first-order valence-electron chi connectivity index (χ1n) is 2.46. The van der Waals surface area contributed by atoms with Gasteiger partial charge in [-0.3, -0.25) is 0 Å². The van der Waals surface area contributed by atoms with Crippen LogP contribution in [0.25, 0.3) is 0 Å². The summed E-state index contributed by atoms with van der Waals surface area (Å²) in [7, 11) is -2.70. The van der Waals surface area contributed by atoms with Crippen LogP contribution in [0, 0.1) is 0 Å². The van der Waals surface area contributed by atoms with Crippen molar-refractivity contribution in [1.82, 2.24) is 0 Å². The fourth-order valence-electron chi connectivity index (χ4n) is 0.761. The van der Waals surface area contributed by atoms with E-state index in [0.717, 1.165) is 0 Å². The van der Waals surface area contributed by atoms with E-state index in [9.17, 15) is 8.42 Å². The van der Waals surface area contributed by atoms with E-state index in [1.165, 1.54) is 0 Å². The third-order valence-electron chi connectivity index (χ3n) is 1.19. The van der Waals surface area contributed by atoms with Crippen molar-refractivity contribution in [3.05, 3.63) is 0 Å². The zero-order valence-corrected chi connectivity index (χ0v) is 5.96. The third-order valence-corrected chi connectivity index (χ3v) is 3.57. The first-order valence-corrected chi connectivity index (χ1v) is 4.76. The Kier molecular flexibility index (Phi) is 1.54. The van der Waals surface area contributed by atoms with Crippen molar-refractivity contribution < 1.29 is 8.42 Å². The SMILES string of the molecule is O=S1(=O)CCC([S])C1. The van der Waals surface area contributed by atoms with Crippen molar-refractivity contribution in [2.75, 3.05) is 11.5 Å². The maximum Gasteiger partial charge on any atom is 0.151 e. The van der Waals surface area contributed by atoms with Crippen molar-refractivity contribution in [1.29, 1.82) is 0 Å². The molecule has 0 aliphatic carbocycles. The van der Waals surface area contributed by atoms with Gasteiger partial charge in [0.25, 0.3) is 0 Å². The zero-order chi connectivity index (χ0) is 6.20. The third kappa shape index (κ3) is 1.39. The molecule has 47 valence electrons. The first kappa shape index (κ1) is 6.42. The van der Waals surface area contributed by atoms with Gasteiger partial charge in [0.2, 0.25) is 0 Å². The molecule has 4 heteroatoms. The lowest BCUT2D eigenvalue weighted by Gasteiger charge is -1.88. The van der Waals surface area contributed by atoms with Crippen molar-refractivity contribution in [2.24, 2.45) is 0 Å². The first-order chi connectivity index (χ1) is 3.60. The molecule has 8 heavy (non-hydrogen) atoms. The summed E-state index contributed by atoms with van der Waals surface area (Å²) in [5.74, 6) is 0.531. The van der Waals surface area contributed by atoms with Gasteiger partial charge in [0, 0.05) is 5.25 Å². The van der Waals surface area contributed by atoms with E-state index >= 15 is 0 Å². The molecular weight excluding hydrogens is 144 g/mol. The number of hydrogen-bond acceptors (Lipinski definition) is 2. The summed E-state index contributed by atoms with van der Waals surface area (Å²) >= 11 is 4.77. The predicted molar refractivity (Wildman–Crippen MR) is 34.6 cm³/mol. The van der Waals surface area contributed by atoms with Crippen molar-refractivity contribution in [3.8, 4) is 0 Å². The van der Waals surface area contributed by atoms with Crippen LogP contribution < -0.4 is 0 Å². The van der Waals surface area contributed by atoms with E-state index in [4.69, 9.17) is 12.6 Å². The largest absolute Gasteiger partial charge is 0.229 e. The highest BCUT2D eigenvalue weighted by atomic mass is 32.2. The van der Waals surface area contributed by atoms with Crippen LogP contribution in [0.3, 0.4) is 0 Å². The molecule has 1 aliphatic rings. The molecule has 1 radical (unpaired) electrons. The van der Waals surface area contributed by atoms with E-state index in [0.29, 0.717) is 12.2 Å². The summed E-state index contributed by atoms with van der Waals surface area (Å²) in [5.41, 5.74) is 0. The van der Waals surface area contributed by atoms with Gasteiger partial charge in [0.05, 0.1) is 11.5 Å². The summed E-state index contributed by atoms with van der Waals surface area (Å²) < 4.78 is 21.1. The van der Waals surface area contributed by atoms with Gasteiger partial charge >= 0.3 is 0 Å². The van der Waals surface area contributed by atoms with E-state index in [-0.39, 0.29) is 11.0 Å². The smallest absolute Gasteiger partial charge is 0.151 e. The average Bonchev–Trinajstić information content (AvgIpc) is 1.82. The lowest BCUT2D eigenvalue weighted by molar-refractivity contribution is 0.602. The fourth-order valence-corrected chi connectivity index (χ4v) is 3.19. The van der Waals surface area contributed by atoms with Crippen LogP contribution in [0.4, 0.5) is 0 Å². The Hall–Kier alpha value is 0.300. The van der Waals surface area contributed by atoms with Crippen LogP contribution in [-0.2, 0) is 9.84 Å². The molecular formula is C4H7O2S2. The normalized spacial score (nSPS) is 35.4. The zero-order valence-electron chi connectivity index (χ0n) is 4.33. The van der Waals surface area contributed by atoms with Crippen LogP contribution in [-0.4, -0.2) is 25.2 Å². The minimum atomic E-state index is -2.70. The van der Waals surface area contributed by atoms with Crippen molar-refractivity contribution >= 4 is 22.5 Å². The minimum Gasteiger partial charge on any atom is -0.229 e. The van der Waals surface area contributed by atoms with Gasteiger partial charge in [-0.05, 0) is 6.42 Å². The Balaban J connectivity index is 2.71. The number of hydrogen-bond donors (Lipinski definition) is 0. The summed E-state index contributed by atoms with van der Waals surface area (Å²) in [5, 5.41) is -0.0139. The molecule has 0 aromatic heterocycles. The molecule has 1 heterocycles. The fraction of sp³-hybridized carbons (Fsp3) is 1.00. The van der Waals surface area contributed by atoms with Crippen molar-refractivity contribution in [3.63, 3.8) is 0 Å². The van der Waals surface area contributed by atoms with Gasteiger partial charge in [0.15, 0.2) is 9.84 Å². The highest BCUT2D eigenvalue weighted by molar-refractivity contribution is 7.93. The summed E-state index contributed by atoms with van der Waals surface area (Å²) in [4.78, 5) is 0. The Morgan fingerprint density at radius 2 is 2.12 bits per heavy atom. The van der Waals surface area contributed by atoms with Crippen LogP contribution in [0.2, 0.25) is 0 Å². The minimum absolute atomic E-state index is 0.0139. The molecule has 1 fully saturated rings. The molecule has 1 rings (SSSR count). The topological polar surface area (TPSA) is 34.1 Å². The number of sulfone groups is 1. The highest BCUT2D eigenvalue weighted by Crippen LogP contribution is 2.15. The molecule has 0 bridgehead atoms. The number of rotatable bonds is 0. The van der Waals surface area contributed by atoms with Crippen LogP contribution in [0.5, 0.6) is 0 Å². The van der Waals surface area contributed by atoms with Crippen LogP contribution in [0.1, 0.15) is 6.42 Å². The summed E-state index contributed by atoms with van der Waals surface area (Å²) in [6, 6.07) is 0. The van der Waals surface area contributed by atoms with Gasteiger partial charge < -0.3 is 0 Å². The van der Waals surface area contributed by atoms with Gasteiger partial charge in [-0.25, -0.2) is 8.42 Å². The summed E-state index contributed by atoms with van der Waals surface area (Å²) in [6.07, 6.45) is 0.678. The molecule has 0 spiro atoms. The monoisotopic (exact) mass is 151 g/mol. The highest BCUT2D eigenvalue weighted by Gasteiger charge is 2.25. The Morgan fingerprint density at radius 3 is 2.25 bits per heavy atom. The maximum atomic E-state index is 10.6. The Morgan fingerprint density at radius 1 is 1.50 bits per heavy atom. The quantitative estimate of drug-likeness (QED) is 0.501. The average molecular weight is 151 g/mol. The molecule has 1 saturated heterocycles. The van der Waals surface area contributed by atoms with E-state index in [1.54, 1.807) is 0 Å². The van der Waals surface area contributed by atoms with E-state index in [2.05, 4.69) is 0 Å². The molecule has 0 N–H and O–H groups in total. The van der Waals surface area contributed by atoms with Gasteiger partial charge in [-0.1, -0.05) is 12.6 Å². The van der Waals surface area contributed by atoms with E-state index in [1.807, 2.05) is 0 Å². The lowest BCUT2D eigenvalue weighted by Crippen LogP contribution is -2.03. The standard InChI is InChI=1S/C4H7O2S2/c5-8(6)2-1-4(7)3-8/h4H,1-3H2. The van der Waals surface area contributed by atoms with Gasteiger partial charge in [-0.15, -0.1) is 0 Å².